The first kappa shape index (κ1) is 19.3. The highest BCUT2D eigenvalue weighted by Crippen LogP contribution is 2.24. The molecule has 2 heterocycles. The van der Waals surface area contributed by atoms with Gasteiger partial charge in [0.1, 0.15) is 6.07 Å². The molecule has 1 saturated heterocycles. The van der Waals surface area contributed by atoms with Gasteiger partial charge in [-0.2, -0.15) is 5.26 Å². The molecule has 1 aromatic heterocycles. The Kier molecular flexibility index (Phi) is 5.73. The number of sulfonamides is 1. The largest absolute Gasteiger partial charge is 0.354 e. The maximum Gasteiger partial charge on any atom is 0.240 e. The molecule has 142 valence electrons. The van der Waals surface area contributed by atoms with Crippen LogP contribution in [-0.4, -0.2) is 38.0 Å². The fraction of sp³-hybridized carbons (Fsp3) is 0.421. The van der Waals surface area contributed by atoms with Crippen LogP contribution in [-0.2, 0) is 10.0 Å². The van der Waals surface area contributed by atoms with Crippen molar-refractivity contribution in [3.05, 3.63) is 47.4 Å². The number of aromatic nitrogens is 2. The van der Waals surface area contributed by atoms with Gasteiger partial charge in [-0.15, -0.1) is 0 Å². The molecule has 0 bridgehead atoms. The number of piperidine rings is 1. The number of nitriles is 1. The number of rotatable bonds is 5. The first-order chi connectivity index (χ1) is 12.9. The van der Waals surface area contributed by atoms with Crippen molar-refractivity contribution in [1.29, 1.82) is 5.26 Å². The first-order valence-electron chi connectivity index (χ1n) is 8.93. The molecule has 27 heavy (non-hydrogen) atoms. The lowest BCUT2D eigenvalue weighted by Crippen LogP contribution is -2.39. The van der Waals surface area contributed by atoms with Crippen LogP contribution in [0.4, 0.5) is 5.82 Å². The Hall–Kier alpha value is -2.50. The molecule has 0 aliphatic carbocycles. The number of anilines is 1. The van der Waals surface area contributed by atoms with E-state index < -0.39 is 10.0 Å². The molecule has 1 N–H and O–H groups in total. The van der Waals surface area contributed by atoms with Crippen molar-refractivity contribution in [2.45, 2.75) is 31.6 Å². The van der Waals surface area contributed by atoms with E-state index in [-0.39, 0.29) is 5.92 Å². The number of nitrogens with zero attached hydrogens (tertiary/aromatic N) is 4. The lowest BCUT2D eigenvalue weighted by Gasteiger charge is -2.32. The lowest BCUT2D eigenvalue weighted by atomic mass is 9.97. The maximum atomic E-state index is 12.6. The van der Waals surface area contributed by atoms with E-state index in [2.05, 4.69) is 20.8 Å². The van der Waals surface area contributed by atoms with Gasteiger partial charge in [0.05, 0.1) is 4.90 Å². The zero-order valence-electron chi connectivity index (χ0n) is 15.5. The maximum absolute atomic E-state index is 12.6. The van der Waals surface area contributed by atoms with Crippen molar-refractivity contribution in [3.8, 4) is 6.07 Å². The standard InChI is InChI=1S/C19H23N5O2S/c1-14-3-4-15(2)18(11-14)27(25,26)23-13-16-5-9-24(10-6-16)19-17(12-20)21-7-8-22-19/h3-4,7-8,11,16,23H,5-6,9-10,13H2,1-2H3. The van der Waals surface area contributed by atoms with Crippen LogP contribution in [0.25, 0.3) is 0 Å². The Morgan fingerprint density at radius 2 is 1.93 bits per heavy atom. The van der Waals surface area contributed by atoms with Crippen LogP contribution in [0, 0.1) is 31.1 Å². The van der Waals surface area contributed by atoms with Gasteiger partial charge in [0.2, 0.25) is 10.0 Å². The van der Waals surface area contributed by atoms with E-state index in [4.69, 9.17) is 5.26 Å². The molecule has 0 amide bonds. The Morgan fingerprint density at radius 3 is 2.63 bits per heavy atom. The smallest absolute Gasteiger partial charge is 0.240 e. The van der Waals surface area contributed by atoms with Gasteiger partial charge >= 0.3 is 0 Å². The Morgan fingerprint density at radius 1 is 1.22 bits per heavy atom. The van der Waals surface area contributed by atoms with Crippen molar-refractivity contribution in [1.82, 2.24) is 14.7 Å². The first-order valence-corrected chi connectivity index (χ1v) is 10.4. The summed E-state index contributed by atoms with van der Waals surface area (Å²) in [6.45, 7) is 5.55. The molecule has 0 atom stereocenters. The van der Waals surface area contributed by atoms with Crippen LogP contribution in [0.5, 0.6) is 0 Å². The third-order valence-electron chi connectivity index (χ3n) is 4.89. The molecule has 0 saturated carbocycles. The summed E-state index contributed by atoms with van der Waals surface area (Å²) in [5, 5.41) is 9.17. The predicted molar refractivity (Wildman–Crippen MR) is 103 cm³/mol. The molecule has 1 aliphatic heterocycles. The highest BCUT2D eigenvalue weighted by Gasteiger charge is 2.24. The average molecular weight is 385 g/mol. The summed E-state index contributed by atoms with van der Waals surface area (Å²) in [6, 6.07) is 7.51. The van der Waals surface area contributed by atoms with E-state index in [0.717, 1.165) is 37.1 Å². The predicted octanol–water partition coefficient (Wildman–Crippen LogP) is 2.16. The second-order valence-electron chi connectivity index (χ2n) is 6.89. The summed E-state index contributed by atoms with van der Waals surface area (Å²) >= 11 is 0. The summed E-state index contributed by atoms with van der Waals surface area (Å²) in [4.78, 5) is 10.7. The van der Waals surface area contributed by atoms with Gasteiger partial charge in [-0.1, -0.05) is 12.1 Å². The van der Waals surface area contributed by atoms with E-state index in [9.17, 15) is 8.42 Å². The molecule has 3 rings (SSSR count). The van der Waals surface area contributed by atoms with E-state index in [1.807, 2.05) is 24.0 Å². The van der Waals surface area contributed by atoms with Gasteiger partial charge in [0, 0.05) is 32.0 Å². The molecule has 0 radical (unpaired) electrons. The molecule has 1 aromatic carbocycles. The number of hydrogen-bond acceptors (Lipinski definition) is 6. The van der Waals surface area contributed by atoms with Crippen molar-refractivity contribution in [3.63, 3.8) is 0 Å². The minimum atomic E-state index is -3.52. The third-order valence-corrected chi connectivity index (χ3v) is 6.46. The summed E-state index contributed by atoms with van der Waals surface area (Å²) < 4.78 is 28.0. The molecule has 1 fully saturated rings. The molecule has 7 nitrogen and oxygen atoms in total. The fourth-order valence-corrected chi connectivity index (χ4v) is 4.74. The molecule has 1 aliphatic rings. The topological polar surface area (TPSA) is 99.0 Å². The van der Waals surface area contributed by atoms with Crippen LogP contribution in [0.2, 0.25) is 0 Å². The van der Waals surface area contributed by atoms with Gasteiger partial charge in [-0.25, -0.2) is 23.1 Å². The minimum absolute atomic E-state index is 0.253. The molecule has 0 spiro atoms. The van der Waals surface area contributed by atoms with Gasteiger partial charge < -0.3 is 4.90 Å². The summed E-state index contributed by atoms with van der Waals surface area (Å²) in [7, 11) is -3.52. The molecule has 8 heteroatoms. The lowest BCUT2D eigenvalue weighted by molar-refractivity contribution is 0.400. The van der Waals surface area contributed by atoms with Gasteiger partial charge in [-0.05, 0) is 49.8 Å². The van der Waals surface area contributed by atoms with Crippen LogP contribution in [0.1, 0.15) is 29.7 Å². The van der Waals surface area contributed by atoms with Gasteiger partial charge in [0.25, 0.3) is 0 Å². The van der Waals surface area contributed by atoms with Crippen LogP contribution in [0.3, 0.4) is 0 Å². The van der Waals surface area contributed by atoms with E-state index in [1.165, 1.54) is 6.20 Å². The average Bonchev–Trinajstić information content (AvgIpc) is 2.68. The number of hydrogen-bond donors (Lipinski definition) is 1. The second-order valence-corrected chi connectivity index (χ2v) is 8.63. The van der Waals surface area contributed by atoms with Gasteiger partial charge in [-0.3, -0.25) is 0 Å². The van der Waals surface area contributed by atoms with Crippen LogP contribution < -0.4 is 9.62 Å². The van der Waals surface area contributed by atoms with E-state index in [0.29, 0.717) is 23.0 Å². The van der Waals surface area contributed by atoms with Crippen molar-refractivity contribution >= 4 is 15.8 Å². The van der Waals surface area contributed by atoms with Crippen LogP contribution >= 0.6 is 0 Å². The van der Waals surface area contributed by atoms with E-state index >= 15 is 0 Å². The van der Waals surface area contributed by atoms with Crippen molar-refractivity contribution < 1.29 is 8.42 Å². The molecular weight excluding hydrogens is 362 g/mol. The van der Waals surface area contributed by atoms with Crippen LogP contribution in [0.15, 0.2) is 35.5 Å². The fourth-order valence-electron chi connectivity index (χ4n) is 3.29. The summed E-state index contributed by atoms with van der Waals surface area (Å²) in [6.07, 6.45) is 4.75. The Balaban J connectivity index is 1.60. The Bertz CT molecular complexity index is 960. The Labute approximate surface area is 160 Å². The van der Waals surface area contributed by atoms with Crippen molar-refractivity contribution in [2.75, 3.05) is 24.5 Å². The van der Waals surface area contributed by atoms with E-state index in [1.54, 1.807) is 19.2 Å². The highest BCUT2D eigenvalue weighted by atomic mass is 32.2. The summed E-state index contributed by atoms with van der Waals surface area (Å²) in [5.41, 5.74) is 1.99. The quantitative estimate of drug-likeness (QED) is 0.847. The molecular formula is C19H23N5O2S. The third kappa shape index (κ3) is 4.43. The van der Waals surface area contributed by atoms with Crippen molar-refractivity contribution in [2.24, 2.45) is 5.92 Å². The summed E-state index contributed by atoms with van der Waals surface area (Å²) in [5.74, 6) is 0.859. The monoisotopic (exact) mass is 385 g/mol. The normalized spacial score (nSPS) is 15.5. The SMILES string of the molecule is Cc1ccc(C)c(S(=O)(=O)NCC2CCN(c3nccnc3C#N)CC2)c1. The van der Waals surface area contributed by atoms with Gasteiger partial charge in [0.15, 0.2) is 11.5 Å². The number of nitrogens with one attached hydrogen (secondary N) is 1. The second kappa shape index (κ2) is 8.03. The number of benzene rings is 1. The molecule has 0 unspecified atom stereocenters. The number of aryl methyl sites for hydroxylation is 2. The zero-order valence-corrected chi connectivity index (χ0v) is 16.3. The zero-order chi connectivity index (χ0) is 19.4. The highest BCUT2D eigenvalue weighted by molar-refractivity contribution is 7.89. The molecule has 2 aromatic rings. The minimum Gasteiger partial charge on any atom is -0.354 e.